The molecule has 5 aromatic rings. The second-order valence-electron chi connectivity index (χ2n) is 6.90. The van der Waals surface area contributed by atoms with E-state index in [1.165, 1.54) is 0 Å². The predicted octanol–water partition coefficient (Wildman–Crippen LogP) is 4.43. The molecule has 7 nitrogen and oxygen atoms in total. The fraction of sp³-hybridized carbons (Fsp3) is 0.0909. The highest BCUT2D eigenvalue weighted by Crippen LogP contribution is 2.27. The lowest BCUT2D eigenvalue weighted by Gasteiger charge is -2.07. The Morgan fingerprint density at radius 3 is 2.80 bits per heavy atom. The highest BCUT2D eigenvalue weighted by Gasteiger charge is 2.19. The van der Waals surface area contributed by atoms with E-state index in [2.05, 4.69) is 20.4 Å². The molecule has 0 bridgehead atoms. The number of imidazole rings is 1. The Morgan fingerprint density at radius 2 is 1.97 bits per heavy atom. The van der Waals surface area contributed by atoms with E-state index in [0.29, 0.717) is 33.1 Å². The van der Waals surface area contributed by atoms with Gasteiger partial charge in [-0.25, -0.2) is 9.97 Å². The molecule has 0 saturated heterocycles. The first-order chi connectivity index (χ1) is 14.6. The molecule has 0 fully saturated rings. The summed E-state index contributed by atoms with van der Waals surface area (Å²) in [5.41, 5.74) is 4.43. The third kappa shape index (κ3) is 3.29. The van der Waals surface area contributed by atoms with Gasteiger partial charge in [0.15, 0.2) is 0 Å². The molecule has 30 heavy (non-hydrogen) atoms. The van der Waals surface area contributed by atoms with Crippen molar-refractivity contribution < 1.29 is 9.32 Å². The van der Waals surface area contributed by atoms with E-state index in [1.54, 1.807) is 25.3 Å². The number of carbonyl (C=O) groups excluding carboxylic acids is 1. The molecule has 8 heteroatoms. The lowest BCUT2D eigenvalue weighted by molar-refractivity contribution is 0.0952. The molecule has 1 amide bonds. The van der Waals surface area contributed by atoms with Crippen molar-refractivity contribution in [3.8, 4) is 11.3 Å². The molecule has 1 aromatic carbocycles. The van der Waals surface area contributed by atoms with Crippen LogP contribution in [0.25, 0.3) is 28.0 Å². The lowest BCUT2D eigenvalue weighted by atomic mass is 10.1. The van der Waals surface area contributed by atoms with Crippen molar-refractivity contribution in [3.63, 3.8) is 0 Å². The molecule has 0 spiro atoms. The Balaban J connectivity index is 1.48. The molecule has 0 aliphatic rings. The maximum Gasteiger partial charge on any atom is 0.259 e. The first-order valence-electron chi connectivity index (χ1n) is 9.32. The first-order valence-corrected chi connectivity index (χ1v) is 9.70. The summed E-state index contributed by atoms with van der Waals surface area (Å²) in [6.07, 6.45) is 3.61. The highest BCUT2D eigenvalue weighted by atomic mass is 35.5. The number of nitrogens with one attached hydrogen (secondary N) is 1. The zero-order valence-corrected chi connectivity index (χ0v) is 16.7. The van der Waals surface area contributed by atoms with Gasteiger partial charge in [0, 0.05) is 18.0 Å². The number of hydrogen-bond acceptors (Lipinski definition) is 5. The molecule has 0 atom stereocenters. The first kappa shape index (κ1) is 18.3. The summed E-state index contributed by atoms with van der Waals surface area (Å²) in [6, 6.07) is 15.0. The van der Waals surface area contributed by atoms with Crippen LogP contribution in [-0.2, 0) is 6.54 Å². The molecule has 1 N–H and O–H groups in total. The Kier molecular flexibility index (Phi) is 4.44. The zero-order valence-electron chi connectivity index (χ0n) is 16.0. The van der Waals surface area contributed by atoms with Gasteiger partial charge in [-0.2, -0.15) is 0 Å². The third-order valence-corrected chi connectivity index (χ3v) is 5.05. The van der Waals surface area contributed by atoms with Gasteiger partial charge < -0.3 is 14.2 Å². The van der Waals surface area contributed by atoms with E-state index in [0.717, 1.165) is 16.9 Å². The van der Waals surface area contributed by atoms with E-state index in [4.69, 9.17) is 16.1 Å². The average molecular weight is 418 g/mol. The molecular formula is C22H16ClN5O2. The maximum atomic E-state index is 13.1. The number of carbonyl (C=O) groups is 1. The van der Waals surface area contributed by atoms with Crippen LogP contribution in [0.1, 0.15) is 21.7 Å². The maximum absolute atomic E-state index is 13.1. The molecule has 4 aromatic heterocycles. The van der Waals surface area contributed by atoms with Gasteiger partial charge in [0.1, 0.15) is 5.65 Å². The molecule has 148 valence electrons. The minimum absolute atomic E-state index is 0.249. The molecule has 0 aliphatic carbocycles. The van der Waals surface area contributed by atoms with Gasteiger partial charge in [-0.05, 0) is 25.1 Å². The van der Waals surface area contributed by atoms with Crippen LogP contribution in [0.4, 0.5) is 0 Å². The quantitative estimate of drug-likeness (QED) is 0.467. The standard InChI is InChI=1S/C22H16ClN5O2/c1-13-20-17(9-18(26-22(20)30-27-13)14-5-3-2-4-6-14)21(29)24-10-16-12-28-11-15(23)7-8-19(28)25-16/h2-9,11-12H,10H2,1H3,(H,24,29). The number of pyridine rings is 2. The summed E-state index contributed by atoms with van der Waals surface area (Å²) < 4.78 is 7.17. The van der Waals surface area contributed by atoms with Crippen LogP contribution in [0, 0.1) is 6.92 Å². The fourth-order valence-corrected chi connectivity index (χ4v) is 3.57. The summed E-state index contributed by atoms with van der Waals surface area (Å²) in [7, 11) is 0. The van der Waals surface area contributed by atoms with Gasteiger partial charge in [0.05, 0.1) is 39.6 Å². The Hall–Kier alpha value is -3.71. The number of amides is 1. The smallest absolute Gasteiger partial charge is 0.259 e. The summed E-state index contributed by atoms with van der Waals surface area (Å²) in [5.74, 6) is -0.249. The monoisotopic (exact) mass is 417 g/mol. The van der Waals surface area contributed by atoms with Crippen LogP contribution in [0.15, 0.2) is 65.4 Å². The summed E-state index contributed by atoms with van der Waals surface area (Å²) in [4.78, 5) is 22.1. The number of halogens is 1. The largest absolute Gasteiger partial charge is 0.346 e. The number of fused-ring (bicyclic) bond motifs is 2. The Labute approximate surface area is 176 Å². The van der Waals surface area contributed by atoms with Crippen LogP contribution in [0.2, 0.25) is 5.02 Å². The fourth-order valence-electron chi connectivity index (χ4n) is 3.40. The lowest BCUT2D eigenvalue weighted by Crippen LogP contribution is -2.23. The SMILES string of the molecule is Cc1noc2nc(-c3ccccc3)cc(C(=O)NCc3cn4cc(Cl)ccc4n3)c12. The number of hydrogen-bond donors (Lipinski definition) is 1. The van der Waals surface area contributed by atoms with Gasteiger partial charge in [-0.15, -0.1) is 0 Å². The van der Waals surface area contributed by atoms with E-state index in [1.807, 2.05) is 47.0 Å². The summed E-state index contributed by atoms with van der Waals surface area (Å²) in [5, 5.41) is 8.14. The molecule has 5 rings (SSSR count). The van der Waals surface area contributed by atoms with Gasteiger partial charge in [0.2, 0.25) is 0 Å². The minimum atomic E-state index is -0.249. The van der Waals surface area contributed by atoms with Crippen molar-refractivity contribution >= 4 is 34.3 Å². The van der Waals surface area contributed by atoms with Crippen molar-refractivity contribution in [1.29, 1.82) is 0 Å². The number of benzene rings is 1. The normalized spacial score (nSPS) is 11.3. The second-order valence-corrected chi connectivity index (χ2v) is 7.33. The number of aryl methyl sites for hydroxylation is 1. The van der Waals surface area contributed by atoms with Crippen LogP contribution in [0.3, 0.4) is 0 Å². The zero-order chi connectivity index (χ0) is 20.7. The van der Waals surface area contributed by atoms with Crippen molar-refractivity contribution in [3.05, 3.63) is 82.9 Å². The molecule has 4 heterocycles. The Morgan fingerprint density at radius 1 is 1.13 bits per heavy atom. The van der Waals surface area contributed by atoms with Gasteiger partial charge in [0.25, 0.3) is 11.6 Å². The van der Waals surface area contributed by atoms with E-state index in [9.17, 15) is 4.79 Å². The van der Waals surface area contributed by atoms with Crippen LogP contribution in [0.5, 0.6) is 0 Å². The molecule has 0 saturated carbocycles. The predicted molar refractivity (Wildman–Crippen MR) is 113 cm³/mol. The van der Waals surface area contributed by atoms with Gasteiger partial charge >= 0.3 is 0 Å². The third-order valence-electron chi connectivity index (χ3n) is 4.83. The van der Waals surface area contributed by atoms with Crippen molar-refractivity contribution in [2.45, 2.75) is 13.5 Å². The van der Waals surface area contributed by atoms with E-state index < -0.39 is 0 Å². The van der Waals surface area contributed by atoms with E-state index >= 15 is 0 Å². The van der Waals surface area contributed by atoms with Gasteiger partial charge in [-0.1, -0.05) is 47.1 Å². The topological polar surface area (TPSA) is 85.3 Å². The van der Waals surface area contributed by atoms with Crippen molar-refractivity contribution in [2.75, 3.05) is 0 Å². The molecule has 0 aliphatic heterocycles. The number of rotatable bonds is 4. The summed E-state index contributed by atoms with van der Waals surface area (Å²) >= 11 is 6.02. The highest BCUT2D eigenvalue weighted by molar-refractivity contribution is 6.30. The second kappa shape index (κ2) is 7.27. The number of aromatic nitrogens is 4. The molecule has 0 unspecified atom stereocenters. The molecular weight excluding hydrogens is 402 g/mol. The van der Waals surface area contributed by atoms with Crippen LogP contribution < -0.4 is 5.32 Å². The van der Waals surface area contributed by atoms with Crippen LogP contribution in [-0.4, -0.2) is 25.4 Å². The Bertz CT molecular complexity index is 1390. The van der Waals surface area contributed by atoms with Gasteiger partial charge in [-0.3, -0.25) is 4.79 Å². The van der Waals surface area contributed by atoms with Crippen molar-refractivity contribution in [2.24, 2.45) is 0 Å². The minimum Gasteiger partial charge on any atom is -0.346 e. The van der Waals surface area contributed by atoms with Crippen molar-refractivity contribution in [1.82, 2.24) is 24.8 Å². The molecule has 0 radical (unpaired) electrons. The number of nitrogens with zero attached hydrogens (tertiary/aromatic N) is 4. The average Bonchev–Trinajstić information content (AvgIpc) is 3.34. The summed E-state index contributed by atoms with van der Waals surface area (Å²) in [6.45, 7) is 2.06. The van der Waals surface area contributed by atoms with Crippen LogP contribution >= 0.6 is 11.6 Å². The van der Waals surface area contributed by atoms with E-state index in [-0.39, 0.29) is 12.5 Å².